The maximum atomic E-state index is 12.2. The van der Waals surface area contributed by atoms with Crippen molar-refractivity contribution in [3.05, 3.63) is 70.4 Å². The first kappa shape index (κ1) is 18.7. The zero-order valence-electron chi connectivity index (χ0n) is 13.5. The van der Waals surface area contributed by atoms with E-state index < -0.39 is 16.0 Å². The van der Waals surface area contributed by atoms with Crippen molar-refractivity contribution in [2.24, 2.45) is 5.14 Å². The highest BCUT2D eigenvalue weighted by Gasteiger charge is 2.22. The minimum Gasteiger partial charge on any atom is -0.478 e. The van der Waals surface area contributed by atoms with E-state index in [1.807, 2.05) is 22.9 Å². The lowest BCUT2D eigenvalue weighted by Gasteiger charge is -2.15. The van der Waals surface area contributed by atoms with Gasteiger partial charge in [-0.3, -0.25) is 0 Å². The van der Waals surface area contributed by atoms with E-state index in [4.69, 9.17) is 5.14 Å². The van der Waals surface area contributed by atoms with Crippen LogP contribution < -0.4 is 5.14 Å². The zero-order chi connectivity index (χ0) is 18.7. The molecule has 0 aliphatic rings. The molecule has 134 valence electrons. The summed E-state index contributed by atoms with van der Waals surface area (Å²) in [5.74, 6) is -0.608. The third-order valence-electron chi connectivity index (χ3n) is 3.66. The number of thiophene rings is 1. The maximum absolute atomic E-state index is 12.2. The van der Waals surface area contributed by atoms with Crippen LogP contribution in [0.25, 0.3) is 11.1 Å². The minimum absolute atomic E-state index is 0.110. The zero-order valence-corrected chi connectivity index (χ0v) is 15.9. The van der Waals surface area contributed by atoms with Gasteiger partial charge in [0.25, 0.3) is 0 Å². The number of hydrogen-bond donors (Lipinski definition) is 2. The van der Waals surface area contributed by atoms with Crippen LogP contribution >= 0.6 is 23.1 Å². The minimum atomic E-state index is -4.11. The molecule has 0 unspecified atom stereocenters. The lowest BCUT2D eigenvalue weighted by atomic mass is 10.0. The van der Waals surface area contributed by atoms with Crippen LogP contribution in [0.3, 0.4) is 0 Å². The molecule has 0 saturated heterocycles. The number of primary sulfonamides is 1. The Labute approximate surface area is 159 Å². The molecule has 2 aromatic carbocycles. The average molecular weight is 406 g/mol. The monoisotopic (exact) mass is 405 g/mol. The van der Waals surface area contributed by atoms with Crippen molar-refractivity contribution in [2.45, 2.75) is 15.5 Å². The van der Waals surface area contributed by atoms with E-state index in [0.29, 0.717) is 21.8 Å². The van der Waals surface area contributed by atoms with Crippen LogP contribution in [0.1, 0.15) is 15.9 Å². The van der Waals surface area contributed by atoms with Gasteiger partial charge >= 0.3 is 5.97 Å². The first-order chi connectivity index (χ1) is 12.4. The number of aromatic carboxylic acids is 1. The van der Waals surface area contributed by atoms with Crippen molar-refractivity contribution in [3.8, 4) is 11.1 Å². The number of carbonyl (C=O) groups is 1. The van der Waals surface area contributed by atoms with Crippen molar-refractivity contribution in [1.82, 2.24) is 0 Å². The Balaban J connectivity index is 2.21. The summed E-state index contributed by atoms with van der Waals surface area (Å²) >= 11 is 2.95. The van der Waals surface area contributed by atoms with Gasteiger partial charge in [-0.25, -0.2) is 18.4 Å². The Morgan fingerprint density at radius 1 is 1.15 bits per heavy atom. The predicted octanol–water partition coefficient (Wildman–Crippen LogP) is 4.05. The highest BCUT2D eigenvalue weighted by atomic mass is 32.2. The molecular formula is C18H15NO4S3. The Hall–Kier alpha value is -2.13. The summed E-state index contributed by atoms with van der Waals surface area (Å²) in [6.45, 7) is 0. The first-order valence-electron chi connectivity index (χ1n) is 7.49. The largest absolute Gasteiger partial charge is 0.478 e. The van der Waals surface area contributed by atoms with Gasteiger partial charge in [-0.2, -0.15) is 11.3 Å². The molecule has 0 bridgehead atoms. The van der Waals surface area contributed by atoms with Crippen molar-refractivity contribution in [2.75, 3.05) is 0 Å². The van der Waals surface area contributed by atoms with E-state index in [2.05, 4.69) is 0 Å². The highest BCUT2D eigenvalue weighted by Crippen LogP contribution is 2.39. The lowest BCUT2D eigenvalue weighted by Crippen LogP contribution is -2.15. The summed E-state index contributed by atoms with van der Waals surface area (Å²) in [6, 6.07) is 13.6. The summed E-state index contributed by atoms with van der Waals surface area (Å²) in [4.78, 5) is 11.8. The molecular weight excluding hydrogens is 390 g/mol. The molecule has 3 N–H and O–H groups in total. The van der Waals surface area contributed by atoms with Gasteiger partial charge in [0, 0.05) is 16.2 Å². The quantitative estimate of drug-likeness (QED) is 0.603. The number of hydrogen-bond acceptors (Lipinski definition) is 5. The van der Waals surface area contributed by atoms with E-state index in [1.165, 1.54) is 17.8 Å². The number of sulfonamides is 1. The SMILES string of the molecule is NS(=O)(=O)c1cc(C(=O)O)cc(SCc2ccsc2)c1-c1ccccc1. The summed E-state index contributed by atoms with van der Waals surface area (Å²) in [6.07, 6.45) is 0. The second-order valence-corrected chi connectivity index (χ2v) is 8.81. The van der Waals surface area contributed by atoms with E-state index in [0.717, 1.165) is 11.6 Å². The molecule has 3 rings (SSSR count). The molecule has 0 saturated carbocycles. The fourth-order valence-corrected chi connectivity index (χ4v) is 5.20. The maximum Gasteiger partial charge on any atom is 0.335 e. The van der Waals surface area contributed by atoms with Crippen molar-refractivity contribution >= 4 is 39.1 Å². The van der Waals surface area contributed by atoms with Gasteiger partial charge in [0.15, 0.2) is 0 Å². The molecule has 0 aliphatic carbocycles. The summed E-state index contributed by atoms with van der Waals surface area (Å²) in [7, 11) is -4.11. The average Bonchev–Trinajstić information content (AvgIpc) is 3.12. The van der Waals surface area contributed by atoms with Crippen LogP contribution in [0.5, 0.6) is 0 Å². The number of carboxylic acid groups (broad SMARTS) is 1. The van der Waals surface area contributed by atoms with Crippen LogP contribution in [-0.2, 0) is 15.8 Å². The predicted molar refractivity (Wildman–Crippen MR) is 104 cm³/mol. The van der Waals surface area contributed by atoms with Gasteiger partial charge in [-0.1, -0.05) is 30.3 Å². The fraction of sp³-hybridized carbons (Fsp3) is 0.0556. The fourth-order valence-electron chi connectivity index (χ4n) is 2.48. The van der Waals surface area contributed by atoms with E-state index in [9.17, 15) is 18.3 Å². The van der Waals surface area contributed by atoms with Crippen molar-refractivity contribution in [3.63, 3.8) is 0 Å². The van der Waals surface area contributed by atoms with Crippen LogP contribution in [0.4, 0.5) is 0 Å². The van der Waals surface area contributed by atoms with E-state index in [1.54, 1.807) is 35.6 Å². The third kappa shape index (κ3) is 4.16. The van der Waals surface area contributed by atoms with Crippen LogP contribution in [-0.4, -0.2) is 19.5 Å². The van der Waals surface area contributed by atoms with Gasteiger partial charge in [0.1, 0.15) is 0 Å². The van der Waals surface area contributed by atoms with Gasteiger partial charge in [-0.15, -0.1) is 11.8 Å². The summed E-state index contributed by atoms with van der Waals surface area (Å²) < 4.78 is 24.3. The molecule has 3 aromatic rings. The molecule has 0 aliphatic heterocycles. The van der Waals surface area contributed by atoms with Crippen molar-refractivity contribution in [1.29, 1.82) is 0 Å². The third-order valence-corrected chi connectivity index (χ3v) is 6.43. The van der Waals surface area contributed by atoms with Gasteiger partial charge in [-0.05, 0) is 40.1 Å². The molecule has 0 fully saturated rings. The van der Waals surface area contributed by atoms with Crippen LogP contribution in [0.15, 0.2) is 69.1 Å². The van der Waals surface area contributed by atoms with Crippen molar-refractivity contribution < 1.29 is 18.3 Å². The first-order valence-corrected chi connectivity index (χ1v) is 11.0. The number of carboxylic acids is 1. The van der Waals surface area contributed by atoms with Gasteiger partial charge in [0.05, 0.1) is 10.5 Å². The molecule has 8 heteroatoms. The van der Waals surface area contributed by atoms with E-state index in [-0.39, 0.29) is 10.5 Å². The highest BCUT2D eigenvalue weighted by molar-refractivity contribution is 7.98. The molecule has 1 aromatic heterocycles. The number of thioether (sulfide) groups is 1. The lowest BCUT2D eigenvalue weighted by molar-refractivity contribution is 0.0696. The Bertz CT molecular complexity index is 1030. The summed E-state index contributed by atoms with van der Waals surface area (Å²) in [5, 5.41) is 18.7. The van der Waals surface area contributed by atoms with Gasteiger partial charge < -0.3 is 5.11 Å². The van der Waals surface area contributed by atoms with Crippen LogP contribution in [0, 0.1) is 0 Å². The summed E-state index contributed by atoms with van der Waals surface area (Å²) in [5.41, 5.74) is 2.07. The normalized spacial score (nSPS) is 11.4. The van der Waals surface area contributed by atoms with Crippen LogP contribution in [0.2, 0.25) is 0 Å². The van der Waals surface area contributed by atoms with E-state index >= 15 is 0 Å². The number of benzene rings is 2. The Morgan fingerprint density at radius 3 is 2.46 bits per heavy atom. The Morgan fingerprint density at radius 2 is 1.88 bits per heavy atom. The molecule has 0 atom stereocenters. The smallest absolute Gasteiger partial charge is 0.335 e. The molecule has 5 nitrogen and oxygen atoms in total. The molecule has 0 spiro atoms. The second-order valence-electron chi connectivity index (χ2n) is 5.48. The van der Waals surface area contributed by atoms with Gasteiger partial charge in [0.2, 0.25) is 10.0 Å². The standard InChI is InChI=1S/C18H15NO4S3/c19-26(22,23)16-9-14(18(20)21)8-15(25-11-12-6-7-24-10-12)17(16)13-4-2-1-3-5-13/h1-10H,11H2,(H,20,21)(H2,19,22,23). The number of nitrogens with two attached hydrogens (primary N) is 1. The second kappa shape index (κ2) is 7.63. The topological polar surface area (TPSA) is 97.5 Å². The number of rotatable bonds is 6. The Kier molecular flexibility index (Phi) is 5.47. The molecule has 1 heterocycles. The molecule has 0 amide bonds. The molecule has 0 radical (unpaired) electrons. The molecule has 26 heavy (non-hydrogen) atoms.